The molecule has 41 heavy (non-hydrogen) atoms. The van der Waals surface area contributed by atoms with E-state index < -0.39 is 18.4 Å². The molecular formula is C32H34FN3O5. The van der Waals surface area contributed by atoms with Gasteiger partial charge < -0.3 is 24.0 Å². The molecule has 1 N–H and O–H groups in total. The molecule has 0 aliphatic rings. The summed E-state index contributed by atoms with van der Waals surface area (Å²) in [6.07, 6.45) is 5.92. The van der Waals surface area contributed by atoms with E-state index in [0.717, 1.165) is 21.9 Å². The molecule has 1 unspecified atom stereocenters. The van der Waals surface area contributed by atoms with Crippen molar-refractivity contribution in [1.29, 1.82) is 0 Å². The molecule has 0 aliphatic heterocycles. The number of nitrogens with zero attached hydrogens (tertiary/aromatic N) is 3. The van der Waals surface area contributed by atoms with Crippen molar-refractivity contribution in [2.75, 3.05) is 19.7 Å². The van der Waals surface area contributed by atoms with Gasteiger partial charge >= 0.3 is 12.1 Å². The molecule has 8 nitrogen and oxygen atoms in total. The zero-order valence-corrected chi connectivity index (χ0v) is 23.0. The zero-order valence-electron chi connectivity index (χ0n) is 23.0. The summed E-state index contributed by atoms with van der Waals surface area (Å²) >= 11 is 0. The highest BCUT2D eigenvalue weighted by Crippen LogP contribution is 2.26. The average Bonchev–Trinajstić information content (AvgIpc) is 3.49. The van der Waals surface area contributed by atoms with Crippen LogP contribution in [0.15, 0.2) is 91.0 Å². The van der Waals surface area contributed by atoms with Gasteiger partial charge in [0.2, 0.25) is 6.36 Å². The molecule has 3 aromatic carbocycles. The van der Waals surface area contributed by atoms with Gasteiger partial charge in [0.05, 0.1) is 11.9 Å². The Balaban J connectivity index is 1.58. The van der Waals surface area contributed by atoms with E-state index in [1.54, 1.807) is 24.7 Å². The minimum Gasteiger partial charge on any atom is -0.489 e. The highest BCUT2D eigenvalue weighted by Gasteiger charge is 2.21. The summed E-state index contributed by atoms with van der Waals surface area (Å²) < 4.78 is 27.6. The molecule has 1 atom stereocenters. The summed E-state index contributed by atoms with van der Waals surface area (Å²) in [6, 6.07) is 20.1. The number of carbonyl (C=O) groups excluding carboxylic acids is 1. The number of hydrogen-bond acceptors (Lipinski definition) is 5. The van der Waals surface area contributed by atoms with E-state index in [2.05, 4.69) is 4.98 Å². The predicted molar refractivity (Wildman–Crippen MR) is 156 cm³/mol. The summed E-state index contributed by atoms with van der Waals surface area (Å²) in [4.78, 5) is 29.9. The highest BCUT2D eigenvalue weighted by atomic mass is 19.1. The number of alkyl halides is 1. The number of benzene rings is 3. The monoisotopic (exact) mass is 559 g/mol. The number of halogens is 1. The Bertz CT molecular complexity index is 1450. The van der Waals surface area contributed by atoms with Gasteiger partial charge in [0.15, 0.2) is 0 Å². The molecule has 0 bridgehead atoms. The SMILES string of the molecule is CCCC(F)OC(=O)N(CCCn1ccnc1)CC(=Cc1ccc(C(=O)O)cc1)COc1cccc2ccccc12. The number of aryl methyl sites for hydroxylation is 1. The topological polar surface area (TPSA) is 93.9 Å². The Kier molecular flexibility index (Phi) is 10.5. The largest absolute Gasteiger partial charge is 0.489 e. The number of hydrogen-bond donors (Lipinski definition) is 1. The lowest BCUT2D eigenvalue weighted by atomic mass is 10.1. The fourth-order valence-corrected chi connectivity index (χ4v) is 4.40. The second-order valence-electron chi connectivity index (χ2n) is 9.65. The lowest BCUT2D eigenvalue weighted by Gasteiger charge is -2.25. The zero-order chi connectivity index (χ0) is 29.0. The van der Waals surface area contributed by atoms with Gasteiger partial charge in [-0.25, -0.2) is 19.0 Å². The summed E-state index contributed by atoms with van der Waals surface area (Å²) in [6.45, 7) is 3.05. The van der Waals surface area contributed by atoms with Crippen LogP contribution in [0.1, 0.15) is 42.1 Å². The van der Waals surface area contributed by atoms with Gasteiger partial charge in [-0.15, -0.1) is 0 Å². The van der Waals surface area contributed by atoms with Crippen LogP contribution in [0.2, 0.25) is 0 Å². The van der Waals surface area contributed by atoms with Crippen LogP contribution in [-0.2, 0) is 11.3 Å². The number of carbonyl (C=O) groups is 2. The van der Waals surface area contributed by atoms with Crippen molar-refractivity contribution in [1.82, 2.24) is 14.5 Å². The quantitative estimate of drug-likeness (QED) is 0.182. The molecule has 0 saturated heterocycles. The molecular weight excluding hydrogens is 525 g/mol. The third-order valence-corrected chi connectivity index (χ3v) is 6.49. The van der Waals surface area contributed by atoms with E-state index in [1.165, 1.54) is 17.0 Å². The number of carboxylic acids is 1. The number of amides is 1. The smallest absolute Gasteiger partial charge is 0.412 e. The van der Waals surface area contributed by atoms with Crippen molar-refractivity contribution in [3.05, 3.63) is 102 Å². The molecule has 0 radical (unpaired) electrons. The van der Waals surface area contributed by atoms with Crippen LogP contribution in [0, 0.1) is 0 Å². The third-order valence-electron chi connectivity index (χ3n) is 6.49. The van der Waals surface area contributed by atoms with Gasteiger partial charge in [-0.1, -0.05) is 61.5 Å². The molecule has 1 amide bonds. The molecule has 9 heteroatoms. The van der Waals surface area contributed by atoms with Crippen LogP contribution >= 0.6 is 0 Å². The molecule has 0 spiro atoms. The maximum atomic E-state index is 14.3. The van der Waals surface area contributed by atoms with Gasteiger partial charge in [-0.3, -0.25) is 0 Å². The molecule has 4 aromatic rings. The molecule has 1 aromatic heterocycles. The Morgan fingerprint density at radius 2 is 1.88 bits per heavy atom. The number of fused-ring (bicyclic) bond motifs is 1. The van der Waals surface area contributed by atoms with Gasteiger partial charge in [0.25, 0.3) is 0 Å². The average molecular weight is 560 g/mol. The number of rotatable bonds is 14. The minimum absolute atomic E-state index is 0.122. The lowest BCUT2D eigenvalue weighted by Crippen LogP contribution is -2.37. The van der Waals surface area contributed by atoms with E-state index in [0.29, 0.717) is 31.7 Å². The van der Waals surface area contributed by atoms with E-state index in [1.807, 2.05) is 66.2 Å². The first-order chi connectivity index (χ1) is 19.9. The predicted octanol–water partition coefficient (Wildman–Crippen LogP) is 6.82. The van der Waals surface area contributed by atoms with Crippen molar-refractivity contribution in [2.24, 2.45) is 0 Å². The first-order valence-corrected chi connectivity index (χ1v) is 13.6. The number of aromatic nitrogens is 2. The van der Waals surface area contributed by atoms with Crippen LogP contribution in [0.3, 0.4) is 0 Å². The third kappa shape index (κ3) is 8.66. The molecule has 0 aliphatic carbocycles. The summed E-state index contributed by atoms with van der Waals surface area (Å²) in [5, 5.41) is 11.3. The van der Waals surface area contributed by atoms with Crippen molar-refractivity contribution in [3.63, 3.8) is 0 Å². The van der Waals surface area contributed by atoms with E-state index >= 15 is 0 Å². The van der Waals surface area contributed by atoms with Crippen LogP contribution in [0.5, 0.6) is 5.75 Å². The van der Waals surface area contributed by atoms with Crippen molar-refractivity contribution >= 4 is 28.9 Å². The van der Waals surface area contributed by atoms with Gasteiger partial charge in [-0.05, 0) is 47.6 Å². The minimum atomic E-state index is -1.69. The molecule has 214 valence electrons. The van der Waals surface area contributed by atoms with Crippen molar-refractivity contribution in [2.45, 2.75) is 39.1 Å². The fourth-order valence-electron chi connectivity index (χ4n) is 4.40. The van der Waals surface area contributed by atoms with E-state index in [-0.39, 0.29) is 25.1 Å². The first kappa shape index (κ1) is 29.3. The van der Waals surface area contributed by atoms with Gasteiger partial charge in [-0.2, -0.15) is 0 Å². The number of imidazole rings is 1. The second-order valence-corrected chi connectivity index (χ2v) is 9.65. The van der Waals surface area contributed by atoms with Gasteiger partial charge in [0.1, 0.15) is 12.4 Å². The van der Waals surface area contributed by atoms with E-state index in [4.69, 9.17) is 9.47 Å². The van der Waals surface area contributed by atoms with Crippen LogP contribution in [0.25, 0.3) is 16.8 Å². The maximum Gasteiger partial charge on any atom is 0.412 e. The standard InChI is InChI=1S/C32H34FN3O5/c1-2-7-30(33)41-32(39)36(18-6-17-35-19-16-34-23-35)21-25(20-24-12-14-27(15-13-24)31(37)38)22-40-29-11-5-9-26-8-3-4-10-28(26)29/h3-5,8-16,19-20,23,30H,2,6-7,17-18,21-22H2,1H3,(H,37,38). The Hall–Kier alpha value is -4.66. The molecule has 0 saturated carbocycles. The second kappa shape index (κ2) is 14.6. The van der Waals surface area contributed by atoms with Crippen LogP contribution in [0.4, 0.5) is 9.18 Å². The number of aromatic carboxylic acids is 1. The lowest BCUT2D eigenvalue weighted by molar-refractivity contribution is -0.0102. The van der Waals surface area contributed by atoms with E-state index in [9.17, 15) is 19.1 Å². The van der Waals surface area contributed by atoms with Gasteiger partial charge in [0, 0.05) is 43.8 Å². The first-order valence-electron chi connectivity index (χ1n) is 13.6. The highest BCUT2D eigenvalue weighted by molar-refractivity contribution is 5.88. The number of ether oxygens (including phenoxy) is 2. The van der Waals surface area contributed by atoms with Crippen LogP contribution in [-0.4, -0.2) is 57.7 Å². The van der Waals surface area contributed by atoms with Crippen molar-refractivity contribution < 1.29 is 28.6 Å². The summed E-state index contributed by atoms with van der Waals surface area (Å²) in [5.41, 5.74) is 1.64. The van der Waals surface area contributed by atoms with Crippen molar-refractivity contribution in [3.8, 4) is 5.75 Å². The normalized spacial score (nSPS) is 12.2. The van der Waals surface area contributed by atoms with Crippen LogP contribution < -0.4 is 4.74 Å². The fraction of sp³-hybridized carbons (Fsp3) is 0.281. The molecule has 1 heterocycles. The summed E-state index contributed by atoms with van der Waals surface area (Å²) in [5.74, 6) is -0.323. The number of carboxylic acid groups (broad SMARTS) is 1. The summed E-state index contributed by atoms with van der Waals surface area (Å²) in [7, 11) is 0. The maximum absolute atomic E-state index is 14.3. The molecule has 0 fully saturated rings. The molecule has 4 rings (SSSR count). The Morgan fingerprint density at radius 1 is 1.10 bits per heavy atom. The Labute approximate surface area is 238 Å². The Morgan fingerprint density at radius 3 is 2.61 bits per heavy atom.